The number of carbonyl (C=O) groups excluding carboxylic acids is 1. The van der Waals surface area contributed by atoms with Gasteiger partial charge < -0.3 is 4.74 Å². The monoisotopic (exact) mass is 196 g/mol. The Bertz CT molecular complexity index is 329. The average molecular weight is 196 g/mol. The van der Waals surface area contributed by atoms with Crippen LogP contribution >= 0.6 is 0 Å². The molecule has 1 rings (SSSR count). The van der Waals surface area contributed by atoms with Crippen LogP contribution in [0.1, 0.15) is 25.2 Å². The Morgan fingerprint density at radius 3 is 2.64 bits per heavy atom. The van der Waals surface area contributed by atoms with Crippen molar-refractivity contribution in [1.29, 1.82) is 0 Å². The second-order valence-electron chi connectivity index (χ2n) is 3.81. The summed E-state index contributed by atoms with van der Waals surface area (Å²) in [5.74, 6) is 0.343. The van der Waals surface area contributed by atoms with Crippen molar-refractivity contribution in [3.8, 4) is 0 Å². The first-order valence-electron chi connectivity index (χ1n) is 4.71. The third kappa shape index (κ3) is 2.58. The molecule has 0 aliphatic rings. The van der Waals surface area contributed by atoms with Gasteiger partial charge in [-0.25, -0.2) is 4.79 Å². The summed E-state index contributed by atoms with van der Waals surface area (Å²) in [5, 5.41) is 4.03. The van der Waals surface area contributed by atoms with Crippen LogP contribution in [0.25, 0.3) is 0 Å². The predicted molar refractivity (Wildman–Crippen MR) is 53.3 cm³/mol. The molecule has 1 heterocycles. The van der Waals surface area contributed by atoms with Crippen molar-refractivity contribution in [1.82, 2.24) is 9.78 Å². The molecule has 1 aromatic rings. The first-order chi connectivity index (χ1) is 6.50. The van der Waals surface area contributed by atoms with E-state index < -0.39 is 6.09 Å². The largest absolute Gasteiger partial charge is 0.448 e. The van der Waals surface area contributed by atoms with Crippen molar-refractivity contribution in [2.24, 2.45) is 5.92 Å². The molecule has 0 aliphatic heterocycles. The highest BCUT2D eigenvalue weighted by Gasteiger charge is 2.11. The molecule has 0 saturated heterocycles. The zero-order valence-corrected chi connectivity index (χ0v) is 9.07. The van der Waals surface area contributed by atoms with Crippen molar-refractivity contribution in [2.45, 2.75) is 27.7 Å². The van der Waals surface area contributed by atoms with Gasteiger partial charge in [-0.3, -0.25) is 0 Å². The van der Waals surface area contributed by atoms with Crippen LogP contribution in [0.4, 0.5) is 4.79 Å². The Labute approximate surface area is 83.9 Å². The minimum atomic E-state index is -0.399. The van der Waals surface area contributed by atoms with E-state index in [1.165, 1.54) is 4.68 Å². The molecule has 0 fully saturated rings. The van der Waals surface area contributed by atoms with Crippen LogP contribution in [0.15, 0.2) is 6.07 Å². The Morgan fingerprint density at radius 1 is 1.57 bits per heavy atom. The van der Waals surface area contributed by atoms with Gasteiger partial charge in [-0.1, -0.05) is 13.8 Å². The number of rotatable bonds is 2. The van der Waals surface area contributed by atoms with Crippen molar-refractivity contribution < 1.29 is 9.53 Å². The Hall–Kier alpha value is -1.32. The average Bonchev–Trinajstić information content (AvgIpc) is 2.41. The van der Waals surface area contributed by atoms with Crippen molar-refractivity contribution in [3.05, 3.63) is 17.5 Å². The summed E-state index contributed by atoms with van der Waals surface area (Å²) < 4.78 is 6.33. The highest BCUT2D eigenvalue weighted by atomic mass is 16.6. The zero-order chi connectivity index (χ0) is 10.7. The minimum Gasteiger partial charge on any atom is -0.448 e. The first-order valence-corrected chi connectivity index (χ1v) is 4.71. The minimum absolute atomic E-state index is 0.343. The number of ether oxygens (including phenoxy) is 1. The van der Waals surface area contributed by atoms with E-state index in [1.807, 2.05) is 33.8 Å². The molecule has 0 spiro atoms. The molecule has 0 unspecified atom stereocenters. The fourth-order valence-electron chi connectivity index (χ4n) is 1.11. The van der Waals surface area contributed by atoms with Gasteiger partial charge in [0, 0.05) is 5.69 Å². The zero-order valence-electron chi connectivity index (χ0n) is 9.07. The number of aromatic nitrogens is 2. The van der Waals surface area contributed by atoms with Crippen molar-refractivity contribution in [2.75, 3.05) is 6.61 Å². The summed E-state index contributed by atoms with van der Waals surface area (Å²) in [4.78, 5) is 11.5. The quantitative estimate of drug-likeness (QED) is 0.727. The standard InChI is InChI=1S/C10H16N2O2/c1-7(2)6-14-10(13)12-9(4)5-8(3)11-12/h5,7H,6H2,1-4H3. The Kier molecular flexibility index (Phi) is 3.28. The number of carbonyl (C=O) groups is 1. The van der Waals surface area contributed by atoms with Gasteiger partial charge in [0.1, 0.15) is 0 Å². The number of hydrogen-bond acceptors (Lipinski definition) is 3. The van der Waals surface area contributed by atoms with Gasteiger partial charge in [-0.15, -0.1) is 0 Å². The summed E-state index contributed by atoms with van der Waals surface area (Å²) in [6.07, 6.45) is -0.399. The summed E-state index contributed by atoms with van der Waals surface area (Å²) in [5.41, 5.74) is 1.63. The van der Waals surface area contributed by atoms with Crippen LogP contribution in [-0.2, 0) is 4.74 Å². The normalized spacial score (nSPS) is 10.6. The van der Waals surface area contributed by atoms with E-state index in [2.05, 4.69) is 5.10 Å². The maximum Gasteiger partial charge on any atom is 0.434 e. The molecule has 78 valence electrons. The summed E-state index contributed by atoms with van der Waals surface area (Å²) in [6, 6.07) is 1.84. The van der Waals surface area contributed by atoms with Crippen LogP contribution in [0.3, 0.4) is 0 Å². The van der Waals surface area contributed by atoms with Crippen molar-refractivity contribution >= 4 is 6.09 Å². The van der Waals surface area contributed by atoms with Crippen LogP contribution in [-0.4, -0.2) is 22.5 Å². The molecule has 14 heavy (non-hydrogen) atoms. The molecule has 1 aromatic heterocycles. The molecule has 0 saturated carbocycles. The fourth-order valence-corrected chi connectivity index (χ4v) is 1.11. The highest BCUT2D eigenvalue weighted by Crippen LogP contribution is 2.03. The van der Waals surface area contributed by atoms with Gasteiger partial charge in [-0.05, 0) is 25.8 Å². The smallest absolute Gasteiger partial charge is 0.434 e. The molecule has 4 nitrogen and oxygen atoms in total. The van der Waals surface area contributed by atoms with Crippen LogP contribution in [0.5, 0.6) is 0 Å². The topological polar surface area (TPSA) is 44.1 Å². The van der Waals surface area contributed by atoms with E-state index in [1.54, 1.807) is 0 Å². The number of nitrogens with zero attached hydrogens (tertiary/aromatic N) is 2. The van der Waals surface area contributed by atoms with E-state index >= 15 is 0 Å². The molecular formula is C10H16N2O2. The second-order valence-corrected chi connectivity index (χ2v) is 3.81. The van der Waals surface area contributed by atoms with E-state index in [-0.39, 0.29) is 0 Å². The molecule has 0 radical (unpaired) electrons. The summed E-state index contributed by atoms with van der Waals surface area (Å²) in [7, 11) is 0. The van der Waals surface area contributed by atoms with Gasteiger partial charge in [0.05, 0.1) is 12.3 Å². The van der Waals surface area contributed by atoms with Gasteiger partial charge >= 0.3 is 6.09 Å². The van der Waals surface area contributed by atoms with Gasteiger partial charge in [0.15, 0.2) is 0 Å². The molecule has 0 amide bonds. The molecule has 4 heteroatoms. The molecule has 0 aliphatic carbocycles. The fraction of sp³-hybridized carbons (Fsp3) is 0.600. The lowest BCUT2D eigenvalue weighted by Crippen LogP contribution is -2.18. The maximum atomic E-state index is 11.5. The van der Waals surface area contributed by atoms with Gasteiger partial charge in [-0.2, -0.15) is 9.78 Å². The first kappa shape index (κ1) is 10.8. The van der Waals surface area contributed by atoms with E-state index in [0.29, 0.717) is 12.5 Å². The van der Waals surface area contributed by atoms with Crippen LogP contribution in [0, 0.1) is 19.8 Å². The second kappa shape index (κ2) is 4.26. The Morgan fingerprint density at radius 2 is 2.21 bits per heavy atom. The van der Waals surface area contributed by atoms with E-state index in [4.69, 9.17) is 4.74 Å². The van der Waals surface area contributed by atoms with Gasteiger partial charge in [0.25, 0.3) is 0 Å². The lowest BCUT2D eigenvalue weighted by Gasteiger charge is -2.07. The number of hydrogen-bond donors (Lipinski definition) is 0. The van der Waals surface area contributed by atoms with Crippen LogP contribution < -0.4 is 0 Å². The SMILES string of the molecule is Cc1cc(C)n(C(=O)OCC(C)C)n1. The van der Waals surface area contributed by atoms with Gasteiger partial charge in [0.2, 0.25) is 0 Å². The van der Waals surface area contributed by atoms with E-state index in [9.17, 15) is 4.79 Å². The highest BCUT2D eigenvalue weighted by molar-refractivity contribution is 5.70. The van der Waals surface area contributed by atoms with E-state index in [0.717, 1.165) is 11.4 Å². The Balaban J connectivity index is 2.65. The third-order valence-electron chi connectivity index (χ3n) is 1.72. The van der Waals surface area contributed by atoms with Crippen LogP contribution in [0.2, 0.25) is 0 Å². The molecule has 0 aromatic carbocycles. The molecule has 0 atom stereocenters. The third-order valence-corrected chi connectivity index (χ3v) is 1.72. The lowest BCUT2D eigenvalue weighted by atomic mass is 10.2. The number of aryl methyl sites for hydroxylation is 2. The lowest BCUT2D eigenvalue weighted by molar-refractivity contribution is 0.130. The summed E-state index contributed by atoms with van der Waals surface area (Å²) in [6.45, 7) is 8.09. The maximum absolute atomic E-state index is 11.5. The molecular weight excluding hydrogens is 180 g/mol. The molecule has 0 N–H and O–H groups in total. The molecule has 0 bridgehead atoms. The van der Waals surface area contributed by atoms with Crippen molar-refractivity contribution in [3.63, 3.8) is 0 Å². The summed E-state index contributed by atoms with van der Waals surface area (Å²) >= 11 is 0. The predicted octanol–water partition coefficient (Wildman–Crippen LogP) is 2.14.